The molecule has 0 spiro atoms. The van der Waals surface area contributed by atoms with Gasteiger partial charge in [-0.05, 0) is 23.3 Å². The third-order valence-corrected chi connectivity index (χ3v) is 2.75. The van der Waals surface area contributed by atoms with Crippen LogP contribution in [-0.2, 0) is 19.3 Å². The number of benzene rings is 1. The highest BCUT2D eigenvalue weighted by molar-refractivity contribution is 5.46. The maximum Gasteiger partial charge on any atom is 0.419 e. The van der Waals surface area contributed by atoms with Gasteiger partial charge in [-0.25, -0.2) is 4.98 Å². The molecule has 0 radical (unpaired) electrons. The molecule has 0 bridgehead atoms. The Bertz CT molecular complexity index is 585. The van der Waals surface area contributed by atoms with Crippen molar-refractivity contribution in [2.45, 2.75) is 19.3 Å². The minimum absolute atomic E-state index is 0.106. The summed E-state index contributed by atoms with van der Waals surface area (Å²) in [5, 5.41) is 11.7. The predicted octanol–water partition coefficient (Wildman–Crippen LogP) is 3.20. The Morgan fingerprint density at radius 2 is 1.85 bits per heavy atom. The van der Waals surface area contributed by atoms with Crippen LogP contribution in [0.25, 0.3) is 0 Å². The highest BCUT2D eigenvalue weighted by Gasteiger charge is 2.33. The zero-order valence-corrected chi connectivity index (χ0v) is 10.5. The molecule has 2 rings (SSSR count). The van der Waals surface area contributed by atoms with Crippen molar-refractivity contribution in [1.29, 1.82) is 0 Å². The molecule has 0 aliphatic carbocycles. The van der Waals surface area contributed by atoms with Crippen molar-refractivity contribution >= 4 is 5.82 Å². The Kier molecular flexibility index (Phi) is 4.24. The molecule has 6 heteroatoms. The van der Waals surface area contributed by atoms with Gasteiger partial charge < -0.3 is 10.4 Å². The van der Waals surface area contributed by atoms with E-state index in [1.54, 1.807) is 24.3 Å². The minimum atomic E-state index is -4.44. The van der Waals surface area contributed by atoms with Crippen LogP contribution in [0.5, 0.6) is 0 Å². The second-order valence-corrected chi connectivity index (χ2v) is 4.23. The van der Waals surface area contributed by atoms with E-state index in [1.807, 2.05) is 0 Å². The minimum Gasteiger partial charge on any atom is -0.392 e. The smallest absolute Gasteiger partial charge is 0.392 e. The van der Waals surface area contributed by atoms with Crippen LogP contribution in [0, 0.1) is 0 Å². The highest BCUT2D eigenvalue weighted by Crippen LogP contribution is 2.33. The van der Waals surface area contributed by atoms with E-state index in [4.69, 9.17) is 5.11 Å². The maximum atomic E-state index is 12.8. The number of nitrogens with zero attached hydrogens (tertiary/aromatic N) is 1. The van der Waals surface area contributed by atoms with E-state index in [0.29, 0.717) is 5.56 Å². The number of alkyl halides is 3. The number of aromatic nitrogens is 1. The van der Waals surface area contributed by atoms with E-state index < -0.39 is 11.7 Å². The second kappa shape index (κ2) is 5.92. The van der Waals surface area contributed by atoms with E-state index in [1.165, 1.54) is 12.3 Å². The Labute approximate surface area is 114 Å². The van der Waals surface area contributed by atoms with Gasteiger partial charge in [-0.1, -0.05) is 24.3 Å². The van der Waals surface area contributed by atoms with Crippen molar-refractivity contribution in [2.24, 2.45) is 0 Å². The van der Waals surface area contributed by atoms with Gasteiger partial charge in [-0.3, -0.25) is 0 Å². The summed E-state index contributed by atoms with van der Waals surface area (Å²) in [5.41, 5.74) is 0.690. The fraction of sp³-hybridized carbons (Fsp3) is 0.214. The third kappa shape index (κ3) is 3.48. The van der Waals surface area contributed by atoms with Crippen LogP contribution in [0.3, 0.4) is 0 Å². The largest absolute Gasteiger partial charge is 0.419 e. The number of aliphatic hydroxyl groups excluding tert-OH is 1. The predicted molar refractivity (Wildman–Crippen MR) is 68.9 cm³/mol. The SMILES string of the molecule is OCc1cccc(CNc2ncccc2C(F)(F)F)c1. The van der Waals surface area contributed by atoms with Crippen molar-refractivity contribution in [1.82, 2.24) is 4.98 Å². The summed E-state index contributed by atoms with van der Waals surface area (Å²) in [6, 6.07) is 9.21. The molecule has 0 aliphatic rings. The van der Waals surface area contributed by atoms with E-state index in [2.05, 4.69) is 10.3 Å². The monoisotopic (exact) mass is 282 g/mol. The summed E-state index contributed by atoms with van der Waals surface area (Å²) in [4.78, 5) is 3.72. The Balaban J connectivity index is 2.15. The molecule has 3 nitrogen and oxygen atoms in total. The van der Waals surface area contributed by atoms with E-state index >= 15 is 0 Å². The van der Waals surface area contributed by atoms with Gasteiger partial charge in [0.1, 0.15) is 5.82 Å². The number of aliphatic hydroxyl groups is 1. The van der Waals surface area contributed by atoms with Gasteiger partial charge >= 0.3 is 6.18 Å². The van der Waals surface area contributed by atoms with Crippen LogP contribution in [0.2, 0.25) is 0 Å². The molecule has 20 heavy (non-hydrogen) atoms. The second-order valence-electron chi connectivity index (χ2n) is 4.23. The highest BCUT2D eigenvalue weighted by atomic mass is 19.4. The standard InChI is InChI=1S/C14H13F3N2O/c15-14(16,17)12-5-2-6-18-13(12)19-8-10-3-1-4-11(7-10)9-20/h1-7,20H,8-9H2,(H,18,19). The molecule has 0 atom stereocenters. The lowest BCUT2D eigenvalue weighted by molar-refractivity contribution is -0.137. The molecule has 2 aromatic rings. The van der Waals surface area contributed by atoms with Crippen molar-refractivity contribution in [2.75, 3.05) is 5.32 Å². The molecule has 1 heterocycles. The van der Waals surface area contributed by atoms with E-state index in [9.17, 15) is 13.2 Å². The van der Waals surface area contributed by atoms with Crippen LogP contribution in [0.1, 0.15) is 16.7 Å². The zero-order chi connectivity index (χ0) is 14.6. The Morgan fingerprint density at radius 1 is 1.10 bits per heavy atom. The lowest BCUT2D eigenvalue weighted by Crippen LogP contribution is -2.12. The molecular formula is C14H13F3N2O. The first kappa shape index (κ1) is 14.3. The van der Waals surface area contributed by atoms with Gasteiger partial charge in [0.25, 0.3) is 0 Å². The molecule has 106 valence electrons. The number of anilines is 1. The average molecular weight is 282 g/mol. The van der Waals surface area contributed by atoms with Crippen LogP contribution in [0.15, 0.2) is 42.6 Å². The normalized spacial score (nSPS) is 11.4. The lowest BCUT2D eigenvalue weighted by Gasteiger charge is -2.13. The van der Waals surface area contributed by atoms with Gasteiger partial charge in [0.15, 0.2) is 0 Å². The summed E-state index contributed by atoms with van der Waals surface area (Å²) >= 11 is 0. The van der Waals surface area contributed by atoms with Crippen LogP contribution < -0.4 is 5.32 Å². The maximum absolute atomic E-state index is 12.8. The number of hydrogen-bond acceptors (Lipinski definition) is 3. The van der Waals surface area contributed by atoms with E-state index in [0.717, 1.165) is 11.6 Å². The molecule has 1 aromatic heterocycles. The first-order chi connectivity index (χ1) is 9.50. The van der Waals surface area contributed by atoms with Crippen LogP contribution >= 0.6 is 0 Å². The fourth-order valence-corrected chi connectivity index (χ4v) is 1.80. The van der Waals surface area contributed by atoms with Crippen molar-refractivity contribution in [3.05, 3.63) is 59.3 Å². The Morgan fingerprint density at radius 3 is 2.55 bits per heavy atom. The number of halogens is 3. The molecule has 1 aromatic carbocycles. The zero-order valence-electron chi connectivity index (χ0n) is 10.5. The average Bonchev–Trinajstić information content (AvgIpc) is 2.44. The van der Waals surface area contributed by atoms with Crippen molar-refractivity contribution in [3.8, 4) is 0 Å². The van der Waals surface area contributed by atoms with Crippen LogP contribution in [0.4, 0.5) is 19.0 Å². The van der Waals surface area contributed by atoms with Gasteiger partial charge in [0.05, 0.1) is 12.2 Å². The molecule has 2 N–H and O–H groups in total. The molecule has 0 fully saturated rings. The molecule has 0 unspecified atom stereocenters. The third-order valence-electron chi connectivity index (χ3n) is 2.75. The Hall–Kier alpha value is -2.08. The van der Waals surface area contributed by atoms with Gasteiger partial charge in [0, 0.05) is 12.7 Å². The molecular weight excluding hydrogens is 269 g/mol. The molecule has 0 saturated carbocycles. The number of rotatable bonds is 4. The summed E-state index contributed by atoms with van der Waals surface area (Å²) < 4.78 is 38.3. The van der Waals surface area contributed by atoms with Crippen molar-refractivity contribution < 1.29 is 18.3 Å². The first-order valence-corrected chi connectivity index (χ1v) is 5.95. The van der Waals surface area contributed by atoms with E-state index in [-0.39, 0.29) is 19.0 Å². The summed E-state index contributed by atoms with van der Waals surface area (Å²) in [6.07, 6.45) is -3.13. The summed E-state index contributed by atoms with van der Waals surface area (Å²) in [5.74, 6) is -0.200. The lowest BCUT2D eigenvalue weighted by atomic mass is 10.1. The topological polar surface area (TPSA) is 45.1 Å². The summed E-state index contributed by atoms with van der Waals surface area (Å²) in [6.45, 7) is 0.0964. The number of hydrogen-bond donors (Lipinski definition) is 2. The first-order valence-electron chi connectivity index (χ1n) is 5.95. The molecule has 0 aliphatic heterocycles. The quantitative estimate of drug-likeness (QED) is 0.905. The molecule has 0 saturated heterocycles. The van der Waals surface area contributed by atoms with Gasteiger partial charge in [0.2, 0.25) is 0 Å². The van der Waals surface area contributed by atoms with Gasteiger partial charge in [-0.15, -0.1) is 0 Å². The molecule has 0 amide bonds. The van der Waals surface area contributed by atoms with Crippen molar-refractivity contribution in [3.63, 3.8) is 0 Å². The summed E-state index contributed by atoms with van der Waals surface area (Å²) in [7, 11) is 0. The van der Waals surface area contributed by atoms with Gasteiger partial charge in [-0.2, -0.15) is 13.2 Å². The van der Waals surface area contributed by atoms with Crippen LogP contribution in [-0.4, -0.2) is 10.1 Å². The number of nitrogens with one attached hydrogen (secondary N) is 1. The fourth-order valence-electron chi connectivity index (χ4n) is 1.80. The number of pyridine rings is 1.